The predicted octanol–water partition coefficient (Wildman–Crippen LogP) is 2.99. The van der Waals surface area contributed by atoms with Crippen LogP contribution >= 0.6 is 0 Å². The molecule has 1 amide bonds. The highest BCUT2D eigenvalue weighted by molar-refractivity contribution is 5.94. The molecule has 1 N–H and O–H groups in total. The smallest absolute Gasteiger partial charge is 0.251 e. The van der Waals surface area contributed by atoms with Gasteiger partial charge in [-0.2, -0.15) is 10.2 Å². The Morgan fingerprint density at radius 1 is 0.885 bits per heavy atom. The van der Waals surface area contributed by atoms with Gasteiger partial charge in [0.2, 0.25) is 0 Å². The fourth-order valence-electron chi connectivity index (χ4n) is 2.64. The van der Waals surface area contributed by atoms with Crippen molar-refractivity contribution in [2.75, 3.05) is 0 Å². The molecule has 128 valence electrons. The van der Waals surface area contributed by atoms with Crippen molar-refractivity contribution < 1.29 is 4.79 Å². The number of nitrogens with zero attached hydrogens (tertiary/aromatic N) is 4. The van der Waals surface area contributed by atoms with Crippen LogP contribution in [0, 0.1) is 0 Å². The van der Waals surface area contributed by atoms with Gasteiger partial charge in [0, 0.05) is 36.3 Å². The third kappa shape index (κ3) is 3.39. The minimum absolute atomic E-state index is 0.121. The highest BCUT2D eigenvalue weighted by atomic mass is 16.1. The van der Waals surface area contributed by atoms with E-state index in [1.54, 1.807) is 33.9 Å². The molecule has 4 rings (SSSR count). The summed E-state index contributed by atoms with van der Waals surface area (Å²) in [4.78, 5) is 12.3. The lowest BCUT2D eigenvalue weighted by molar-refractivity contribution is 0.0951. The van der Waals surface area contributed by atoms with E-state index in [0.29, 0.717) is 12.1 Å². The first kappa shape index (κ1) is 15.8. The first-order valence-electron chi connectivity index (χ1n) is 8.27. The molecule has 0 bridgehead atoms. The van der Waals surface area contributed by atoms with E-state index >= 15 is 0 Å². The molecular formula is C20H17N5O. The van der Waals surface area contributed by atoms with E-state index in [1.165, 1.54) is 0 Å². The van der Waals surface area contributed by atoms with E-state index in [0.717, 1.165) is 16.9 Å². The summed E-state index contributed by atoms with van der Waals surface area (Å²) in [5.74, 6) is -0.121. The third-order valence-corrected chi connectivity index (χ3v) is 4.01. The first-order valence-corrected chi connectivity index (χ1v) is 8.27. The largest absolute Gasteiger partial charge is 0.348 e. The number of carbonyl (C=O) groups is 1. The molecule has 0 unspecified atom stereocenters. The Morgan fingerprint density at radius 2 is 1.65 bits per heavy atom. The maximum Gasteiger partial charge on any atom is 0.251 e. The van der Waals surface area contributed by atoms with Crippen LogP contribution in [0.1, 0.15) is 15.9 Å². The Morgan fingerprint density at radius 3 is 2.38 bits per heavy atom. The lowest BCUT2D eigenvalue weighted by Crippen LogP contribution is -2.22. The standard InChI is InChI=1S/C20H17N5O/c26-20(17-7-9-19(10-8-17)24-12-4-11-22-24)21-13-16-14-23-25(15-16)18-5-2-1-3-6-18/h1-12,14-15H,13H2,(H,21,26). The van der Waals surface area contributed by atoms with Crippen molar-refractivity contribution in [3.05, 3.63) is 96.6 Å². The fourth-order valence-corrected chi connectivity index (χ4v) is 2.64. The minimum Gasteiger partial charge on any atom is -0.348 e. The van der Waals surface area contributed by atoms with Gasteiger partial charge < -0.3 is 5.32 Å². The predicted molar refractivity (Wildman–Crippen MR) is 98.3 cm³/mol. The number of rotatable bonds is 5. The summed E-state index contributed by atoms with van der Waals surface area (Å²) < 4.78 is 3.54. The zero-order valence-corrected chi connectivity index (χ0v) is 14.0. The molecule has 2 aromatic carbocycles. The minimum atomic E-state index is -0.121. The SMILES string of the molecule is O=C(NCc1cnn(-c2ccccc2)c1)c1ccc(-n2cccn2)cc1. The summed E-state index contributed by atoms with van der Waals surface area (Å²) in [6.07, 6.45) is 7.25. The second kappa shape index (κ2) is 7.06. The molecule has 0 fully saturated rings. The summed E-state index contributed by atoms with van der Waals surface area (Å²) in [6, 6.07) is 19.0. The van der Waals surface area contributed by atoms with E-state index in [4.69, 9.17) is 0 Å². The summed E-state index contributed by atoms with van der Waals surface area (Å²) >= 11 is 0. The zero-order valence-electron chi connectivity index (χ0n) is 14.0. The summed E-state index contributed by atoms with van der Waals surface area (Å²) in [5.41, 5.74) is 3.45. The molecule has 26 heavy (non-hydrogen) atoms. The van der Waals surface area contributed by atoms with Gasteiger partial charge in [-0.3, -0.25) is 4.79 Å². The van der Waals surface area contributed by atoms with Crippen LogP contribution in [0.15, 0.2) is 85.5 Å². The van der Waals surface area contributed by atoms with Gasteiger partial charge in [0.05, 0.1) is 17.6 Å². The number of aromatic nitrogens is 4. The van der Waals surface area contributed by atoms with Crippen LogP contribution in [0.5, 0.6) is 0 Å². The quantitative estimate of drug-likeness (QED) is 0.606. The monoisotopic (exact) mass is 343 g/mol. The topological polar surface area (TPSA) is 64.7 Å². The van der Waals surface area contributed by atoms with Gasteiger partial charge in [-0.05, 0) is 42.5 Å². The number of nitrogens with one attached hydrogen (secondary N) is 1. The molecule has 6 heteroatoms. The average Bonchev–Trinajstić information content (AvgIpc) is 3.39. The van der Waals surface area contributed by atoms with E-state index in [2.05, 4.69) is 15.5 Å². The number of carbonyl (C=O) groups excluding carboxylic acids is 1. The van der Waals surface area contributed by atoms with Crippen molar-refractivity contribution in [3.8, 4) is 11.4 Å². The molecule has 0 aliphatic heterocycles. The highest BCUT2D eigenvalue weighted by Gasteiger charge is 2.07. The maximum absolute atomic E-state index is 12.3. The molecule has 6 nitrogen and oxygen atoms in total. The summed E-state index contributed by atoms with van der Waals surface area (Å²) in [6.45, 7) is 0.423. The van der Waals surface area contributed by atoms with E-state index in [-0.39, 0.29) is 5.91 Å². The van der Waals surface area contributed by atoms with Crippen molar-refractivity contribution in [1.82, 2.24) is 24.9 Å². The Hall–Kier alpha value is -3.67. The molecule has 0 aliphatic carbocycles. The summed E-state index contributed by atoms with van der Waals surface area (Å²) in [5, 5.41) is 11.4. The molecule has 2 aromatic heterocycles. The van der Waals surface area contributed by atoms with Gasteiger partial charge in [0.15, 0.2) is 0 Å². The second-order valence-corrected chi connectivity index (χ2v) is 5.81. The number of benzene rings is 2. The van der Waals surface area contributed by atoms with Crippen LogP contribution in [0.3, 0.4) is 0 Å². The number of hydrogen-bond donors (Lipinski definition) is 1. The summed E-state index contributed by atoms with van der Waals surface area (Å²) in [7, 11) is 0. The Labute approximate surface area is 150 Å². The lowest BCUT2D eigenvalue weighted by Gasteiger charge is -2.05. The van der Waals surface area contributed by atoms with Crippen LogP contribution in [0.4, 0.5) is 0 Å². The zero-order chi connectivity index (χ0) is 17.8. The lowest BCUT2D eigenvalue weighted by atomic mass is 10.2. The van der Waals surface area contributed by atoms with E-state index < -0.39 is 0 Å². The molecule has 0 aliphatic rings. The molecule has 4 aromatic rings. The van der Waals surface area contributed by atoms with E-state index in [1.807, 2.05) is 60.9 Å². The van der Waals surface area contributed by atoms with Gasteiger partial charge in [0.1, 0.15) is 0 Å². The highest BCUT2D eigenvalue weighted by Crippen LogP contribution is 2.10. The number of hydrogen-bond acceptors (Lipinski definition) is 3. The third-order valence-electron chi connectivity index (χ3n) is 4.01. The van der Waals surface area contributed by atoms with Crippen molar-refractivity contribution in [1.29, 1.82) is 0 Å². The van der Waals surface area contributed by atoms with Crippen LogP contribution < -0.4 is 5.32 Å². The number of amides is 1. The molecule has 0 radical (unpaired) electrons. The van der Waals surface area contributed by atoms with Crippen LogP contribution in [0.25, 0.3) is 11.4 Å². The van der Waals surface area contributed by atoms with Gasteiger partial charge in [-0.1, -0.05) is 18.2 Å². The Bertz CT molecular complexity index is 988. The van der Waals surface area contributed by atoms with Crippen LogP contribution in [-0.4, -0.2) is 25.5 Å². The van der Waals surface area contributed by atoms with Gasteiger partial charge in [-0.25, -0.2) is 9.36 Å². The average molecular weight is 343 g/mol. The van der Waals surface area contributed by atoms with Crippen molar-refractivity contribution >= 4 is 5.91 Å². The van der Waals surface area contributed by atoms with E-state index in [9.17, 15) is 4.79 Å². The van der Waals surface area contributed by atoms with Gasteiger partial charge in [-0.15, -0.1) is 0 Å². The van der Waals surface area contributed by atoms with Gasteiger partial charge >= 0.3 is 0 Å². The molecular weight excluding hydrogens is 326 g/mol. The second-order valence-electron chi connectivity index (χ2n) is 5.81. The molecule has 0 atom stereocenters. The molecule has 0 saturated heterocycles. The Balaban J connectivity index is 1.39. The molecule has 2 heterocycles. The van der Waals surface area contributed by atoms with Gasteiger partial charge in [0.25, 0.3) is 5.91 Å². The van der Waals surface area contributed by atoms with Crippen molar-refractivity contribution in [2.45, 2.75) is 6.54 Å². The maximum atomic E-state index is 12.3. The fraction of sp³-hybridized carbons (Fsp3) is 0.0500. The van der Waals surface area contributed by atoms with Crippen LogP contribution in [0.2, 0.25) is 0 Å². The Kier molecular flexibility index (Phi) is 4.30. The molecule has 0 spiro atoms. The van der Waals surface area contributed by atoms with Crippen molar-refractivity contribution in [2.24, 2.45) is 0 Å². The molecule has 0 saturated carbocycles. The first-order chi connectivity index (χ1) is 12.8. The number of para-hydroxylation sites is 1. The normalized spacial score (nSPS) is 10.6. The van der Waals surface area contributed by atoms with Crippen molar-refractivity contribution in [3.63, 3.8) is 0 Å². The van der Waals surface area contributed by atoms with Crippen LogP contribution in [-0.2, 0) is 6.54 Å².